The van der Waals surface area contributed by atoms with Gasteiger partial charge in [-0.25, -0.2) is 9.97 Å². The van der Waals surface area contributed by atoms with Gasteiger partial charge in [0, 0.05) is 16.5 Å². The summed E-state index contributed by atoms with van der Waals surface area (Å²) < 4.78 is 0. The summed E-state index contributed by atoms with van der Waals surface area (Å²) in [5.41, 5.74) is 1.49. The van der Waals surface area contributed by atoms with Crippen LogP contribution in [0.1, 0.15) is 22.1 Å². The second-order valence-corrected chi connectivity index (χ2v) is 5.37. The van der Waals surface area contributed by atoms with Gasteiger partial charge in [0.05, 0.1) is 0 Å². The SMILES string of the molecule is O=C1c2ccccc2C(O)N1c1ccc2ccc(Cl)nc2n1. The Bertz CT molecular complexity index is 913. The number of carbonyl (C=O) groups is 1. The lowest BCUT2D eigenvalue weighted by Crippen LogP contribution is -2.28. The Morgan fingerprint density at radius 3 is 2.64 bits per heavy atom. The summed E-state index contributed by atoms with van der Waals surface area (Å²) in [6.07, 6.45) is -1.05. The van der Waals surface area contributed by atoms with Crippen molar-refractivity contribution in [2.75, 3.05) is 4.90 Å². The second-order valence-electron chi connectivity index (χ2n) is 4.99. The Morgan fingerprint density at radius 1 is 1.05 bits per heavy atom. The molecule has 0 fully saturated rings. The fraction of sp³-hybridized carbons (Fsp3) is 0.0625. The Labute approximate surface area is 130 Å². The fourth-order valence-electron chi connectivity index (χ4n) is 2.63. The molecule has 0 spiro atoms. The van der Waals surface area contributed by atoms with E-state index in [0.717, 1.165) is 5.39 Å². The smallest absolute Gasteiger partial charge is 0.262 e. The summed E-state index contributed by atoms with van der Waals surface area (Å²) in [5, 5.41) is 11.5. The van der Waals surface area contributed by atoms with Crippen LogP contribution in [0.15, 0.2) is 48.5 Å². The molecule has 3 heterocycles. The van der Waals surface area contributed by atoms with Crippen LogP contribution >= 0.6 is 11.6 Å². The first-order chi connectivity index (χ1) is 10.6. The molecule has 0 saturated carbocycles. The first kappa shape index (κ1) is 13.2. The van der Waals surface area contributed by atoms with Crippen molar-refractivity contribution in [3.63, 3.8) is 0 Å². The van der Waals surface area contributed by atoms with Crippen LogP contribution in [0.5, 0.6) is 0 Å². The van der Waals surface area contributed by atoms with Gasteiger partial charge in [-0.15, -0.1) is 0 Å². The number of amides is 1. The van der Waals surface area contributed by atoms with E-state index in [2.05, 4.69) is 9.97 Å². The zero-order chi connectivity index (χ0) is 15.3. The Hall–Kier alpha value is -2.50. The van der Waals surface area contributed by atoms with E-state index in [1.807, 2.05) is 0 Å². The highest BCUT2D eigenvalue weighted by Crippen LogP contribution is 2.35. The summed E-state index contributed by atoms with van der Waals surface area (Å²) >= 11 is 5.88. The normalized spacial score (nSPS) is 17.1. The van der Waals surface area contributed by atoms with Crippen molar-refractivity contribution in [1.29, 1.82) is 0 Å². The predicted molar refractivity (Wildman–Crippen MR) is 82.8 cm³/mol. The zero-order valence-electron chi connectivity index (χ0n) is 11.3. The number of hydrogen-bond acceptors (Lipinski definition) is 4. The maximum atomic E-state index is 12.5. The minimum Gasteiger partial charge on any atom is -0.369 e. The van der Waals surface area contributed by atoms with Gasteiger partial charge in [-0.3, -0.25) is 9.69 Å². The van der Waals surface area contributed by atoms with Gasteiger partial charge in [0.15, 0.2) is 11.9 Å². The van der Waals surface area contributed by atoms with Crippen LogP contribution in [0.25, 0.3) is 11.0 Å². The van der Waals surface area contributed by atoms with Crippen molar-refractivity contribution in [3.05, 3.63) is 64.8 Å². The lowest BCUT2D eigenvalue weighted by molar-refractivity contribution is 0.0933. The van der Waals surface area contributed by atoms with E-state index < -0.39 is 6.23 Å². The summed E-state index contributed by atoms with van der Waals surface area (Å²) in [7, 11) is 0. The fourth-order valence-corrected chi connectivity index (χ4v) is 2.77. The quantitative estimate of drug-likeness (QED) is 0.702. The van der Waals surface area contributed by atoms with Gasteiger partial charge in [0.25, 0.3) is 5.91 Å². The topological polar surface area (TPSA) is 66.3 Å². The minimum atomic E-state index is -1.05. The van der Waals surface area contributed by atoms with Gasteiger partial charge in [0.2, 0.25) is 0 Å². The highest BCUT2D eigenvalue weighted by atomic mass is 35.5. The van der Waals surface area contributed by atoms with Crippen LogP contribution in [0.2, 0.25) is 5.15 Å². The third-order valence-electron chi connectivity index (χ3n) is 3.68. The Morgan fingerprint density at radius 2 is 1.82 bits per heavy atom. The van der Waals surface area contributed by atoms with Crippen LogP contribution in [0.3, 0.4) is 0 Å². The molecular weight excluding hydrogens is 302 g/mol. The van der Waals surface area contributed by atoms with Gasteiger partial charge in [-0.1, -0.05) is 29.8 Å². The molecule has 1 N–H and O–H groups in total. The number of aromatic nitrogens is 2. The summed E-state index contributed by atoms with van der Waals surface area (Å²) in [4.78, 5) is 22.2. The van der Waals surface area contributed by atoms with E-state index >= 15 is 0 Å². The Balaban J connectivity index is 1.84. The molecule has 0 bridgehead atoms. The average Bonchev–Trinajstić information content (AvgIpc) is 2.79. The van der Waals surface area contributed by atoms with Crippen LogP contribution in [-0.2, 0) is 0 Å². The summed E-state index contributed by atoms with van der Waals surface area (Å²) in [5.74, 6) is 0.0629. The van der Waals surface area contributed by atoms with E-state index in [0.29, 0.717) is 27.7 Å². The molecule has 1 atom stereocenters. The number of pyridine rings is 2. The molecule has 2 aromatic heterocycles. The van der Waals surface area contributed by atoms with E-state index in [1.165, 1.54) is 4.90 Å². The van der Waals surface area contributed by atoms with Crippen LogP contribution < -0.4 is 4.90 Å². The van der Waals surface area contributed by atoms with Gasteiger partial charge >= 0.3 is 0 Å². The molecule has 108 valence electrons. The molecule has 6 heteroatoms. The number of aliphatic hydroxyl groups is 1. The number of anilines is 1. The van der Waals surface area contributed by atoms with E-state index in [9.17, 15) is 9.90 Å². The van der Waals surface area contributed by atoms with E-state index in [1.54, 1.807) is 48.5 Å². The third kappa shape index (κ3) is 1.87. The average molecular weight is 312 g/mol. The molecule has 5 nitrogen and oxygen atoms in total. The molecule has 22 heavy (non-hydrogen) atoms. The maximum Gasteiger partial charge on any atom is 0.262 e. The number of carbonyl (C=O) groups excluding carboxylic acids is 1. The molecule has 1 unspecified atom stereocenters. The molecule has 0 saturated heterocycles. The molecule has 4 rings (SSSR count). The van der Waals surface area contributed by atoms with E-state index in [4.69, 9.17) is 11.6 Å². The molecule has 1 aromatic carbocycles. The highest BCUT2D eigenvalue weighted by molar-refractivity contribution is 6.29. The molecule has 1 aliphatic heterocycles. The van der Waals surface area contributed by atoms with Crippen LogP contribution in [0, 0.1) is 0 Å². The number of rotatable bonds is 1. The molecular formula is C16H10ClN3O2. The first-order valence-corrected chi connectivity index (χ1v) is 7.07. The van der Waals surface area contributed by atoms with Crippen molar-refractivity contribution in [2.45, 2.75) is 6.23 Å². The van der Waals surface area contributed by atoms with E-state index in [-0.39, 0.29) is 5.91 Å². The van der Waals surface area contributed by atoms with Crippen molar-refractivity contribution in [2.24, 2.45) is 0 Å². The maximum absolute atomic E-state index is 12.5. The van der Waals surface area contributed by atoms with Crippen molar-refractivity contribution < 1.29 is 9.90 Å². The van der Waals surface area contributed by atoms with Crippen molar-refractivity contribution in [3.8, 4) is 0 Å². The second kappa shape index (κ2) is 4.76. The van der Waals surface area contributed by atoms with Crippen LogP contribution in [-0.4, -0.2) is 21.0 Å². The molecule has 1 amide bonds. The monoisotopic (exact) mass is 311 g/mol. The number of hydrogen-bond donors (Lipinski definition) is 1. The van der Waals surface area contributed by atoms with Crippen LogP contribution in [0.4, 0.5) is 5.82 Å². The Kier molecular flexibility index (Phi) is 2.85. The number of aliphatic hydroxyl groups excluding tert-OH is 1. The number of benzene rings is 1. The molecule has 1 aliphatic rings. The molecule has 0 aliphatic carbocycles. The molecule has 3 aromatic rings. The first-order valence-electron chi connectivity index (χ1n) is 6.69. The number of nitrogens with zero attached hydrogens (tertiary/aromatic N) is 3. The predicted octanol–water partition coefficient (Wildman–Crippen LogP) is 2.93. The van der Waals surface area contributed by atoms with Crippen molar-refractivity contribution >= 4 is 34.4 Å². The van der Waals surface area contributed by atoms with Crippen molar-refractivity contribution in [1.82, 2.24) is 9.97 Å². The summed E-state index contributed by atoms with van der Waals surface area (Å²) in [6.45, 7) is 0. The largest absolute Gasteiger partial charge is 0.369 e. The lowest BCUT2D eigenvalue weighted by atomic mass is 10.1. The number of halogens is 1. The molecule has 0 radical (unpaired) electrons. The lowest BCUT2D eigenvalue weighted by Gasteiger charge is -2.19. The van der Waals surface area contributed by atoms with Gasteiger partial charge in [0.1, 0.15) is 11.0 Å². The third-order valence-corrected chi connectivity index (χ3v) is 3.89. The number of fused-ring (bicyclic) bond motifs is 2. The summed E-state index contributed by atoms with van der Waals surface area (Å²) in [6, 6.07) is 13.9. The van der Waals surface area contributed by atoms with Gasteiger partial charge in [-0.2, -0.15) is 0 Å². The minimum absolute atomic E-state index is 0.281. The standard InChI is InChI=1S/C16H10ClN3O2/c17-12-7-5-9-6-8-13(19-14(9)18-12)20-15(21)10-3-1-2-4-11(10)16(20)22/h1-8,15,21H. The highest BCUT2D eigenvalue weighted by Gasteiger charge is 2.37. The van der Waals surface area contributed by atoms with Gasteiger partial charge < -0.3 is 5.11 Å². The van der Waals surface area contributed by atoms with Gasteiger partial charge in [-0.05, 0) is 30.3 Å². The zero-order valence-corrected chi connectivity index (χ0v) is 12.0.